The van der Waals surface area contributed by atoms with Crippen molar-refractivity contribution in [3.8, 4) is 11.5 Å². The van der Waals surface area contributed by atoms with E-state index in [1.54, 1.807) is 14.2 Å². The van der Waals surface area contributed by atoms with Gasteiger partial charge in [0.05, 0.1) is 14.2 Å². The highest BCUT2D eigenvalue weighted by Crippen LogP contribution is 2.27. The number of rotatable bonds is 10. The third-order valence-electron chi connectivity index (χ3n) is 4.57. The molecule has 3 aromatic rings. The van der Waals surface area contributed by atoms with Gasteiger partial charge in [0.25, 0.3) is 0 Å². The lowest BCUT2D eigenvalue weighted by Crippen LogP contribution is -2.11. The number of hydrogen-bond donors (Lipinski definition) is 2. The highest BCUT2D eigenvalue weighted by Gasteiger charge is 2.06. The summed E-state index contributed by atoms with van der Waals surface area (Å²) in [6.07, 6.45) is 1.80. The minimum atomic E-state index is 0.738. The molecule has 0 aliphatic heterocycles. The van der Waals surface area contributed by atoms with Crippen LogP contribution in [0.5, 0.6) is 11.5 Å². The van der Waals surface area contributed by atoms with Crippen LogP contribution in [0.1, 0.15) is 17.0 Å². The van der Waals surface area contributed by atoms with E-state index in [-0.39, 0.29) is 0 Å². The van der Waals surface area contributed by atoms with Crippen LogP contribution < -0.4 is 20.1 Å². The van der Waals surface area contributed by atoms with Gasteiger partial charge >= 0.3 is 0 Å². The summed E-state index contributed by atoms with van der Waals surface area (Å²) in [5, 5.41) is 6.77. The van der Waals surface area contributed by atoms with Crippen LogP contribution in [0.3, 0.4) is 0 Å². The third-order valence-corrected chi connectivity index (χ3v) is 4.57. The smallest absolute Gasteiger partial charge is 0.160 e. The molecular formula is C23H28N4O2. The van der Waals surface area contributed by atoms with Crippen molar-refractivity contribution in [3.05, 3.63) is 71.5 Å². The average Bonchev–Trinajstić information content (AvgIpc) is 2.74. The second-order valence-electron chi connectivity index (χ2n) is 6.71. The Morgan fingerprint density at radius 2 is 1.34 bits per heavy atom. The van der Waals surface area contributed by atoms with Crippen molar-refractivity contribution in [1.29, 1.82) is 0 Å². The first-order valence-electron chi connectivity index (χ1n) is 9.76. The van der Waals surface area contributed by atoms with Crippen LogP contribution in [-0.4, -0.2) is 37.3 Å². The van der Waals surface area contributed by atoms with Gasteiger partial charge in [-0.15, -0.1) is 0 Å². The van der Waals surface area contributed by atoms with Crippen LogP contribution in [0, 0.1) is 6.92 Å². The first kappa shape index (κ1) is 20.5. The van der Waals surface area contributed by atoms with Gasteiger partial charge < -0.3 is 20.1 Å². The van der Waals surface area contributed by atoms with Crippen molar-refractivity contribution in [3.63, 3.8) is 0 Å². The SMILES string of the molecule is COc1ccc(CCNc2cc(NCCc3ccccc3)nc(C)n2)cc1OC. The number of aromatic nitrogens is 2. The first-order chi connectivity index (χ1) is 14.2. The Morgan fingerprint density at radius 3 is 1.97 bits per heavy atom. The Labute approximate surface area is 172 Å². The maximum Gasteiger partial charge on any atom is 0.160 e. The lowest BCUT2D eigenvalue weighted by molar-refractivity contribution is 0.354. The van der Waals surface area contributed by atoms with Gasteiger partial charge in [0, 0.05) is 19.2 Å². The van der Waals surface area contributed by atoms with Gasteiger partial charge in [0.1, 0.15) is 17.5 Å². The zero-order chi connectivity index (χ0) is 20.5. The molecule has 29 heavy (non-hydrogen) atoms. The standard InChI is InChI=1S/C23H28N4O2/c1-17-26-22(24-13-11-18-7-5-4-6-8-18)16-23(27-17)25-14-12-19-9-10-20(28-2)21(15-19)29-3/h4-10,15-16H,11-14H2,1-3H3,(H2,24,25,26,27). The number of nitrogens with zero attached hydrogens (tertiary/aromatic N) is 2. The fourth-order valence-electron chi connectivity index (χ4n) is 3.10. The van der Waals surface area contributed by atoms with E-state index in [2.05, 4.69) is 44.9 Å². The minimum Gasteiger partial charge on any atom is -0.493 e. The van der Waals surface area contributed by atoms with Crippen LogP contribution in [-0.2, 0) is 12.8 Å². The molecule has 2 aromatic carbocycles. The Bertz CT molecular complexity index is 916. The van der Waals surface area contributed by atoms with Crippen LogP contribution in [0.2, 0.25) is 0 Å². The number of methoxy groups -OCH3 is 2. The molecule has 0 atom stereocenters. The van der Waals surface area contributed by atoms with E-state index < -0.39 is 0 Å². The Balaban J connectivity index is 1.53. The molecule has 0 radical (unpaired) electrons. The van der Waals surface area contributed by atoms with Gasteiger partial charge in [-0.05, 0) is 43.0 Å². The lowest BCUT2D eigenvalue weighted by Gasteiger charge is -2.12. The fraction of sp³-hybridized carbons (Fsp3) is 0.304. The molecular weight excluding hydrogens is 364 g/mol. The summed E-state index contributed by atoms with van der Waals surface area (Å²) in [5.41, 5.74) is 2.47. The van der Waals surface area contributed by atoms with Gasteiger partial charge in [0.2, 0.25) is 0 Å². The monoisotopic (exact) mass is 392 g/mol. The van der Waals surface area contributed by atoms with Crippen molar-refractivity contribution >= 4 is 11.6 Å². The van der Waals surface area contributed by atoms with Gasteiger partial charge in [-0.3, -0.25) is 0 Å². The third kappa shape index (κ3) is 6.10. The fourth-order valence-corrected chi connectivity index (χ4v) is 3.10. The second-order valence-corrected chi connectivity index (χ2v) is 6.71. The molecule has 0 aliphatic rings. The topological polar surface area (TPSA) is 68.3 Å². The van der Waals surface area contributed by atoms with Crippen LogP contribution in [0.25, 0.3) is 0 Å². The number of nitrogens with one attached hydrogen (secondary N) is 2. The van der Waals surface area contributed by atoms with Crippen molar-refractivity contribution in [2.24, 2.45) is 0 Å². The highest BCUT2D eigenvalue weighted by molar-refractivity contribution is 5.48. The van der Waals surface area contributed by atoms with Gasteiger partial charge in [0.15, 0.2) is 11.5 Å². The Kier molecular flexibility index (Phi) is 7.28. The highest BCUT2D eigenvalue weighted by atomic mass is 16.5. The van der Waals surface area contributed by atoms with E-state index in [0.717, 1.165) is 54.9 Å². The Hall–Kier alpha value is -3.28. The van der Waals surface area contributed by atoms with E-state index in [1.807, 2.05) is 37.3 Å². The predicted octanol–water partition coefficient (Wildman–Crippen LogP) is 4.11. The van der Waals surface area contributed by atoms with E-state index in [1.165, 1.54) is 11.1 Å². The molecule has 0 amide bonds. The molecule has 0 unspecified atom stereocenters. The van der Waals surface area contributed by atoms with Crippen molar-refractivity contribution in [1.82, 2.24) is 9.97 Å². The number of anilines is 2. The van der Waals surface area contributed by atoms with Gasteiger partial charge in [-0.2, -0.15) is 0 Å². The largest absolute Gasteiger partial charge is 0.493 e. The summed E-state index contributed by atoms with van der Waals surface area (Å²) >= 11 is 0. The zero-order valence-corrected chi connectivity index (χ0v) is 17.2. The van der Waals surface area contributed by atoms with E-state index in [9.17, 15) is 0 Å². The van der Waals surface area contributed by atoms with Gasteiger partial charge in [-0.1, -0.05) is 36.4 Å². The molecule has 3 rings (SSSR count). The number of hydrogen-bond acceptors (Lipinski definition) is 6. The molecule has 0 saturated heterocycles. The molecule has 0 saturated carbocycles. The van der Waals surface area contributed by atoms with Crippen molar-refractivity contribution in [2.45, 2.75) is 19.8 Å². The van der Waals surface area contributed by atoms with Crippen LogP contribution in [0.15, 0.2) is 54.6 Å². The number of aryl methyl sites for hydroxylation is 1. The van der Waals surface area contributed by atoms with Crippen molar-refractivity contribution < 1.29 is 9.47 Å². The lowest BCUT2D eigenvalue weighted by atomic mass is 10.1. The molecule has 2 N–H and O–H groups in total. The van der Waals surface area contributed by atoms with Crippen molar-refractivity contribution in [2.75, 3.05) is 37.9 Å². The Morgan fingerprint density at radius 1 is 0.724 bits per heavy atom. The summed E-state index contributed by atoms with van der Waals surface area (Å²) in [7, 11) is 3.29. The molecule has 0 bridgehead atoms. The summed E-state index contributed by atoms with van der Waals surface area (Å²) in [5.74, 6) is 3.88. The summed E-state index contributed by atoms with van der Waals surface area (Å²) in [6, 6.07) is 18.3. The molecule has 1 aromatic heterocycles. The summed E-state index contributed by atoms with van der Waals surface area (Å²) in [4.78, 5) is 8.97. The van der Waals surface area contributed by atoms with E-state index >= 15 is 0 Å². The zero-order valence-electron chi connectivity index (χ0n) is 17.2. The number of ether oxygens (including phenoxy) is 2. The molecule has 6 heteroatoms. The summed E-state index contributed by atoms with van der Waals surface area (Å²) < 4.78 is 10.7. The molecule has 6 nitrogen and oxygen atoms in total. The van der Waals surface area contributed by atoms with E-state index in [4.69, 9.17) is 9.47 Å². The minimum absolute atomic E-state index is 0.738. The molecule has 1 heterocycles. The second kappa shape index (κ2) is 10.3. The number of benzene rings is 2. The normalized spacial score (nSPS) is 10.4. The van der Waals surface area contributed by atoms with Crippen LogP contribution >= 0.6 is 0 Å². The predicted molar refractivity (Wildman–Crippen MR) is 117 cm³/mol. The maximum atomic E-state index is 5.37. The average molecular weight is 393 g/mol. The molecule has 0 aliphatic carbocycles. The molecule has 0 spiro atoms. The first-order valence-corrected chi connectivity index (χ1v) is 9.76. The van der Waals surface area contributed by atoms with Crippen LogP contribution in [0.4, 0.5) is 11.6 Å². The molecule has 152 valence electrons. The maximum absolute atomic E-state index is 5.37. The quantitative estimate of drug-likeness (QED) is 0.541. The van der Waals surface area contributed by atoms with E-state index in [0.29, 0.717) is 0 Å². The molecule has 0 fully saturated rings. The van der Waals surface area contributed by atoms with Gasteiger partial charge in [-0.25, -0.2) is 9.97 Å². The summed E-state index contributed by atoms with van der Waals surface area (Å²) in [6.45, 7) is 3.49.